The number of hydrogen-bond acceptors (Lipinski definition) is 4. The van der Waals surface area contributed by atoms with Crippen molar-refractivity contribution in [2.45, 2.75) is 58.0 Å². The molecule has 5 nitrogen and oxygen atoms in total. The Hall–Kier alpha value is -2.17. The number of anilines is 1. The van der Waals surface area contributed by atoms with Gasteiger partial charge in [0, 0.05) is 11.3 Å². The van der Waals surface area contributed by atoms with Gasteiger partial charge >= 0.3 is 5.97 Å². The van der Waals surface area contributed by atoms with Gasteiger partial charge in [0.1, 0.15) is 11.4 Å². The van der Waals surface area contributed by atoms with Gasteiger partial charge < -0.3 is 10.1 Å². The Labute approximate surface area is 136 Å². The van der Waals surface area contributed by atoms with Gasteiger partial charge in [-0.15, -0.1) is 0 Å². The van der Waals surface area contributed by atoms with Crippen LogP contribution in [0.4, 0.5) is 5.82 Å². The predicted octanol–water partition coefficient (Wildman–Crippen LogP) is 3.29. The Morgan fingerprint density at radius 1 is 1.17 bits per heavy atom. The van der Waals surface area contributed by atoms with Crippen LogP contribution in [-0.2, 0) is 14.3 Å². The quantitative estimate of drug-likeness (QED) is 0.851. The lowest BCUT2D eigenvalue weighted by Gasteiger charge is -2.29. The molecule has 1 fully saturated rings. The molecule has 5 heteroatoms. The average Bonchev–Trinajstić information content (AvgIpc) is 2.65. The van der Waals surface area contributed by atoms with E-state index in [-0.39, 0.29) is 11.9 Å². The molecule has 0 unspecified atom stereocenters. The second-order valence-corrected chi connectivity index (χ2v) is 6.42. The highest BCUT2D eigenvalue weighted by atomic mass is 16.6. The Morgan fingerprint density at radius 3 is 2.52 bits per heavy atom. The molecule has 122 valence electrons. The van der Waals surface area contributed by atoms with Gasteiger partial charge in [-0.2, -0.15) is 0 Å². The summed E-state index contributed by atoms with van der Waals surface area (Å²) in [5.41, 5.74) is 1.01. The molecule has 0 bridgehead atoms. The molecule has 23 heavy (non-hydrogen) atoms. The molecule has 1 aromatic heterocycles. The van der Waals surface area contributed by atoms with Gasteiger partial charge in [-0.05, 0) is 51.7 Å². The van der Waals surface area contributed by atoms with E-state index in [1.807, 2.05) is 19.1 Å². The largest absolute Gasteiger partial charge is 0.451 e. The van der Waals surface area contributed by atoms with Crippen LogP contribution in [0.25, 0.3) is 0 Å². The van der Waals surface area contributed by atoms with Crippen molar-refractivity contribution < 1.29 is 14.3 Å². The lowest BCUT2D eigenvalue weighted by molar-refractivity contribution is -0.148. The van der Waals surface area contributed by atoms with Crippen molar-refractivity contribution in [2.24, 2.45) is 0 Å². The maximum atomic E-state index is 12.8. The number of ether oxygens (including phenoxy) is 1. The maximum Gasteiger partial charge on any atom is 0.335 e. The van der Waals surface area contributed by atoms with Crippen LogP contribution in [0, 0.1) is 6.92 Å². The minimum atomic E-state index is -0.744. The first-order valence-corrected chi connectivity index (χ1v) is 8.21. The second kappa shape index (κ2) is 6.14. The van der Waals surface area contributed by atoms with Gasteiger partial charge in [0.2, 0.25) is 0 Å². The second-order valence-electron chi connectivity index (χ2n) is 6.42. The third kappa shape index (κ3) is 3.00. The summed E-state index contributed by atoms with van der Waals surface area (Å²) in [4.78, 5) is 29.2. The number of nitrogens with one attached hydrogen (secondary N) is 1. The van der Waals surface area contributed by atoms with E-state index in [0.29, 0.717) is 17.0 Å². The first-order chi connectivity index (χ1) is 11.0. The lowest BCUT2D eigenvalue weighted by Crippen LogP contribution is -2.37. The molecule has 1 spiro atoms. The number of aromatic nitrogens is 1. The Bertz CT molecular complexity index is 671. The number of carbonyl (C=O) groups excluding carboxylic acids is 2. The Kier molecular flexibility index (Phi) is 4.20. The van der Waals surface area contributed by atoms with Crippen molar-refractivity contribution in [1.29, 1.82) is 0 Å². The van der Waals surface area contributed by atoms with Crippen molar-refractivity contribution in [3.8, 4) is 0 Å². The summed E-state index contributed by atoms with van der Waals surface area (Å²) in [6.07, 6.45) is 5.62. The van der Waals surface area contributed by atoms with Gasteiger partial charge in [-0.25, -0.2) is 9.78 Å². The fourth-order valence-electron chi connectivity index (χ4n) is 3.57. The highest BCUT2D eigenvalue weighted by Crippen LogP contribution is 2.43. The molecule has 1 aromatic rings. The summed E-state index contributed by atoms with van der Waals surface area (Å²) in [5.74, 6) is -0.138. The zero-order chi connectivity index (χ0) is 16.4. The molecule has 1 aliphatic heterocycles. The predicted molar refractivity (Wildman–Crippen MR) is 86.8 cm³/mol. The van der Waals surface area contributed by atoms with Crippen molar-refractivity contribution in [3.63, 3.8) is 0 Å². The molecule has 1 aliphatic carbocycles. The van der Waals surface area contributed by atoms with Crippen LogP contribution in [-0.4, -0.2) is 22.5 Å². The van der Waals surface area contributed by atoms with Gasteiger partial charge in [-0.3, -0.25) is 4.79 Å². The fraction of sp³-hybridized carbons (Fsp3) is 0.500. The minimum absolute atomic E-state index is 0.270. The van der Waals surface area contributed by atoms with Crippen LogP contribution in [0.5, 0.6) is 0 Å². The summed E-state index contributed by atoms with van der Waals surface area (Å²) in [6, 6.07) is 5.46. The maximum absolute atomic E-state index is 12.8. The molecule has 0 atom stereocenters. The highest BCUT2D eigenvalue weighted by Gasteiger charge is 2.49. The topological polar surface area (TPSA) is 68.3 Å². The summed E-state index contributed by atoms with van der Waals surface area (Å²) in [5, 5.41) is 2.83. The van der Waals surface area contributed by atoms with Crippen molar-refractivity contribution in [1.82, 2.24) is 4.98 Å². The van der Waals surface area contributed by atoms with Crippen LogP contribution < -0.4 is 5.32 Å². The molecule has 0 radical (unpaired) electrons. The van der Waals surface area contributed by atoms with Gasteiger partial charge in [0.05, 0.1) is 5.57 Å². The third-order valence-corrected chi connectivity index (χ3v) is 4.69. The van der Waals surface area contributed by atoms with Gasteiger partial charge in [-0.1, -0.05) is 18.9 Å². The van der Waals surface area contributed by atoms with Crippen molar-refractivity contribution >= 4 is 17.7 Å². The molecule has 1 saturated carbocycles. The normalized spacial score (nSPS) is 20.3. The van der Waals surface area contributed by atoms with E-state index in [1.54, 1.807) is 13.0 Å². The lowest BCUT2D eigenvalue weighted by atomic mass is 9.84. The van der Waals surface area contributed by atoms with Crippen LogP contribution in [0.1, 0.15) is 51.1 Å². The zero-order valence-electron chi connectivity index (χ0n) is 13.6. The van der Waals surface area contributed by atoms with E-state index >= 15 is 0 Å². The molecule has 3 rings (SSSR count). The summed E-state index contributed by atoms with van der Waals surface area (Å²) in [6.45, 7) is 3.55. The van der Waals surface area contributed by atoms with Gasteiger partial charge in [0.25, 0.3) is 5.91 Å². The number of esters is 1. The monoisotopic (exact) mass is 314 g/mol. The molecule has 2 heterocycles. The van der Waals surface area contributed by atoms with Gasteiger partial charge in [0.15, 0.2) is 0 Å². The molecule has 1 amide bonds. The Morgan fingerprint density at radius 2 is 1.87 bits per heavy atom. The first kappa shape index (κ1) is 15.7. The fourth-order valence-corrected chi connectivity index (χ4v) is 3.57. The number of nitrogens with zero attached hydrogens (tertiary/aromatic N) is 1. The minimum Gasteiger partial charge on any atom is -0.451 e. The standard InChI is InChI=1S/C18H22N2O3/c1-12-8-7-9-14(19-12)20-16(21)15-13(2)17(22)23-18(15)10-5-3-4-6-11-18/h7-9H,3-6,10-11H2,1-2H3,(H,19,20,21). The van der Waals surface area contributed by atoms with E-state index in [4.69, 9.17) is 4.74 Å². The molecular weight excluding hydrogens is 292 g/mol. The highest BCUT2D eigenvalue weighted by molar-refractivity contribution is 6.12. The van der Waals surface area contributed by atoms with Crippen LogP contribution in [0.15, 0.2) is 29.3 Å². The Balaban J connectivity index is 1.90. The smallest absolute Gasteiger partial charge is 0.335 e. The van der Waals surface area contributed by atoms with E-state index in [9.17, 15) is 9.59 Å². The summed E-state index contributed by atoms with van der Waals surface area (Å²) >= 11 is 0. The SMILES string of the molecule is CC1=C(C(=O)Nc2cccc(C)n2)C2(CCCCCC2)OC1=O. The zero-order valence-corrected chi connectivity index (χ0v) is 13.6. The molecule has 1 N–H and O–H groups in total. The molecule has 2 aliphatic rings. The summed E-state index contributed by atoms with van der Waals surface area (Å²) < 4.78 is 5.68. The van der Waals surface area contributed by atoms with E-state index in [2.05, 4.69) is 10.3 Å². The molecular formula is C18H22N2O3. The first-order valence-electron chi connectivity index (χ1n) is 8.21. The number of amides is 1. The van der Waals surface area contributed by atoms with Crippen LogP contribution >= 0.6 is 0 Å². The molecule has 0 saturated heterocycles. The van der Waals surface area contributed by atoms with E-state index < -0.39 is 5.60 Å². The van der Waals surface area contributed by atoms with E-state index in [0.717, 1.165) is 44.2 Å². The summed E-state index contributed by atoms with van der Waals surface area (Å²) in [7, 11) is 0. The van der Waals surface area contributed by atoms with Crippen molar-refractivity contribution in [2.75, 3.05) is 5.32 Å². The van der Waals surface area contributed by atoms with Crippen LogP contribution in [0.3, 0.4) is 0 Å². The third-order valence-electron chi connectivity index (χ3n) is 4.69. The number of aryl methyl sites for hydroxylation is 1. The van der Waals surface area contributed by atoms with E-state index in [1.165, 1.54) is 0 Å². The number of pyridine rings is 1. The molecule has 0 aromatic carbocycles. The number of carbonyl (C=O) groups is 2. The number of hydrogen-bond donors (Lipinski definition) is 1. The van der Waals surface area contributed by atoms with Crippen molar-refractivity contribution in [3.05, 3.63) is 35.0 Å². The average molecular weight is 314 g/mol. The number of rotatable bonds is 2. The van der Waals surface area contributed by atoms with Crippen LogP contribution in [0.2, 0.25) is 0 Å².